The number of aliphatic hydroxyl groups excluding tert-OH is 1. The molecule has 0 heterocycles. The van der Waals surface area contributed by atoms with Gasteiger partial charge in [0, 0.05) is 43.6 Å². The number of halogens is 2. The van der Waals surface area contributed by atoms with E-state index >= 15 is 0 Å². The van der Waals surface area contributed by atoms with Gasteiger partial charge in [0.1, 0.15) is 17.4 Å². The van der Waals surface area contributed by atoms with E-state index in [1.165, 1.54) is 17.0 Å². The van der Waals surface area contributed by atoms with Crippen LogP contribution in [-0.2, 0) is 24.2 Å². The van der Waals surface area contributed by atoms with Crippen LogP contribution in [0.5, 0.6) is 5.75 Å². The number of hydrogen-bond acceptors (Lipinski definition) is 5. The summed E-state index contributed by atoms with van der Waals surface area (Å²) in [4.78, 5) is 27.2. The topological polar surface area (TPSA) is 104 Å². The van der Waals surface area contributed by atoms with Crippen molar-refractivity contribution in [3.63, 3.8) is 0 Å². The number of nitrogens with zero attached hydrogens (tertiary/aromatic N) is 1. The number of carbonyl (C=O) groups excluding carboxylic acids is 2. The third-order valence-electron chi connectivity index (χ3n) is 6.16. The highest BCUT2D eigenvalue weighted by Gasteiger charge is 2.24. The van der Waals surface area contributed by atoms with Crippen molar-refractivity contribution >= 4 is 11.7 Å². The van der Waals surface area contributed by atoms with Gasteiger partial charge in [-0.2, -0.15) is 0 Å². The number of aryl methyl sites for hydroxylation is 1. The summed E-state index contributed by atoms with van der Waals surface area (Å²) >= 11 is 0. The lowest BCUT2D eigenvalue weighted by atomic mass is 10.0. The molecule has 0 saturated heterocycles. The van der Waals surface area contributed by atoms with Crippen molar-refractivity contribution in [2.24, 2.45) is 5.73 Å². The summed E-state index contributed by atoms with van der Waals surface area (Å²) in [6.07, 6.45) is -0.513. The van der Waals surface area contributed by atoms with Gasteiger partial charge in [-0.05, 0) is 53.8 Å². The second-order valence-corrected chi connectivity index (χ2v) is 9.13. The molecular formula is C29H32F2N2O4. The summed E-state index contributed by atoms with van der Waals surface area (Å²) in [5.74, 6) is -2.15. The summed E-state index contributed by atoms with van der Waals surface area (Å²) in [5.41, 5.74) is 8.70. The molecule has 196 valence electrons. The minimum atomic E-state index is -1.17. The number of amides is 1. The molecule has 0 aliphatic heterocycles. The standard InChI is InChI=1S/C29H32F2N2O4/c1-2-19-5-3-6-20(11-19)17-33(29(37)10-9-27(35)22-7-4-8-25(34)15-22)18-28(36)26(32)14-21-12-23(30)16-24(31)13-21/h3-8,11-13,15-16,26,28,34,36H,2,9-10,14,17-18,32H2,1H3/t26-,28+/m0/s1. The molecule has 3 aromatic carbocycles. The van der Waals surface area contributed by atoms with Gasteiger partial charge >= 0.3 is 0 Å². The van der Waals surface area contributed by atoms with Crippen LogP contribution in [0.4, 0.5) is 8.78 Å². The van der Waals surface area contributed by atoms with E-state index in [9.17, 15) is 28.6 Å². The predicted octanol–water partition coefficient (Wildman–Crippen LogP) is 4.16. The van der Waals surface area contributed by atoms with E-state index in [1.54, 1.807) is 12.1 Å². The van der Waals surface area contributed by atoms with Crippen LogP contribution in [0.2, 0.25) is 0 Å². The average Bonchev–Trinajstić information content (AvgIpc) is 2.86. The van der Waals surface area contributed by atoms with Gasteiger partial charge in [-0.3, -0.25) is 9.59 Å². The molecule has 0 saturated carbocycles. The molecule has 4 N–H and O–H groups in total. The maximum Gasteiger partial charge on any atom is 0.223 e. The Labute approximate surface area is 215 Å². The van der Waals surface area contributed by atoms with Gasteiger partial charge in [-0.15, -0.1) is 0 Å². The molecule has 0 aliphatic rings. The maximum atomic E-state index is 13.6. The summed E-state index contributed by atoms with van der Waals surface area (Å²) in [6, 6.07) is 15.8. The Morgan fingerprint density at radius 1 is 0.919 bits per heavy atom. The smallest absolute Gasteiger partial charge is 0.223 e. The third-order valence-corrected chi connectivity index (χ3v) is 6.16. The number of ketones is 1. The Hall–Kier alpha value is -3.62. The first kappa shape index (κ1) is 28.0. The number of phenolic OH excluding ortho intramolecular Hbond substituents is 1. The van der Waals surface area contributed by atoms with Gasteiger partial charge < -0.3 is 20.8 Å². The quantitative estimate of drug-likeness (QED) is 0.318. The number of rotatable bonds is 12. The van der Waals surface area contributed by atoms with Gasteiger partial charge in [-0.25, -0.2) is 8.78 Å². The van der Waals surface area contributed by atoms with Crippen LogP contribution < -0.4 is 5.73 Å². The van der Waals surface area contributed by atoms with E-state index in [1.807, 2.05) is 31.2 Å². The first-order chi connectivity index (χ1) is 17.6. The van der Waals surface area contributed by atoms with Crippen molar-refractivity contribution in [3.8, 4) is 5.75 Å². The molecule has 0 aliphatic carbocycles. The van der Waals surface area contributed by atoms with Crippen LogP contribution in [0.3, 0.4) is 0 Å². The highest BCUT2D eigenvalue weighted by molar-refractivity contribution is 5.98. The van der Waals surface area contributed by atoms with Crippen molar-refractivity contribution in [1.29, 1.82) is 0 Å². The predicted molar refractivity (Wildman–Crippen MR) is 137 cm³/mol. The zero-order chi connectivity index (χ0) is 26.9. The van der Waals surface area contributed by atoms with Crippen LogP contribution in [0.15, 0.2) is 66.7 Å². The zero-order valence-corrected chi connectivity index (χ0v) is 20.7. The Balaban J connectivity index is 1.71. The molecule has 0 bridgehead atoms. The van der Waals surface area contributed by atoms with Crippen molar-refractivity contribution in [3.05, 3.63) is 101 Å². The summed E-state index contributed by atoms with van der Waals surface area (Å²) in [6.45, 7) is 2.10. The van der Waals surface area contributed by atoms with Crippen LogP contribution in [0, 0.1) is 11.6 Å². The number of hydrogen-bond donors (Lipinski definition) is 3. The molecule has 6 nitrogen and oxygen atoms in total. The number of phenols is 1. The lowest BCUT2D eigenvalue weighted by Gasteiger charge is -2.28. The minimum absolute atomic E-state index is 0.0131. The summed E-state index contributed by atoms with van der Waals surface area (Å²) < 4.78 is 27.1. The minimum Gasteiger partial charge on any atom is -0.508 e. The Bertz CT molecular complexity index is 1210. The van der Waals surface area contributed by atoms with E-state index in [0.717, 1.165) is 35.7 Å². The summed E-state index contributed by atoms with van der Waals surface area (Å²) in [7, 11) is 0. The number of nitrogens with two attached hydrogens (primary N) is 1. The highest BCUT2D eigenvalue weighted by atomic mass is 19.1. The number of carbonyl (C=O) groups is 2. The fraction of sp³-hybridized carbons (Fsp3) is 0.310. The number of Topliss-reactive ketones (excluding diaryl/α,β-unsaturated/α-hetero) is 1. The van der Waals surface area contributed by atoms with Crippen LogP contribution in [-0.4, -0.2) is 45.5 Å². The van der Waals surface area contributed by atoms with Crippen LogP contribution in [0.25, 0.3) is 0 Å². The molecule has 0 fully saturated rings. The fourth-order valence-corrected chi connectivity index (χ4v) is 4.12. The molecule has 0 aromatic heterocycles. The van der Waals surface area contributed by atoms with Gasteiger partial charge in [0.2, 0.25) is 5.91 Å². The molecule has 37 heavy (non-hydrogen) atoms. The zero-order valence-electron chi connectivity index (χ0n) is 20.7. The van der Waals surface area contributed by atoms with E-state index in [-0.39, 0.29) is 49.8 Å². The maximum absolute atomic E-state index is 13.6. The molecular weight excluding hydrogens is 478 g/mol. The Morgan fingerprint density at radius 3 is 2.27 bits per heavy atom. The van der Waals surface area contributed by atoms with E-state index in [0.29, 0.717) is 11.1 Å². The molecule has 3 rings (SSSR count). The Morgan fingerprint density at radius 2 is 1.59 bits per heavy atom. The molecule has 0 unspecified atom stereocenters. The SMILES string of the molecule is CCc1cccc(CN(C[C@@H](O)[C@@H](N)Cc2cc(F)cc(F)c2)C(=O)CCC(=O)c2cccc(O)c2)c1. The van der Waals surface area contributed by atoms with Crippen LogP contribution in [0.1, 0.15) is 46.8 Å². The second-order valence-electron chi connectivity index (χ2n) is 9.13. The van der Waals surface area contributed by atoms with Crippen molar-refractivity contribution < 1.29 is 28.6 Å². The monoisotopic (exact) mass is 510 g/mol. The first-order valence-electron chi connectivity index (χ1n) is 12.2. The lowest BCUT2D eigenvalue weighted by Crippen LogP contribution is -2.46. The van der Waals surface area contributed by atoms with Crippen molar-refractivity contribution in [1.82, 2.24) is 4.90 Å². The van der Waals surface area contributed by atoms with E-state index < -0.39 is 23.8 Å². The number of aromatic hydroxyl groups is 1. The number of benzene rings is 3. The second kappa shape index (κ2) is 13.1. The average molecular weight is 511 g/mol. The lowest BCUT2D eigenvalue weighted by molar-refractivity contribution is -0.133. The van der Waals surface area contributed by atoms with Crippen molar-refractivity contribution in [2.45, 2.75) is 51.3 Å². The first-order valence-corrected chi connectivity index (χ1v) is 12.2. The highest BCUT2D eigenvalue weighted by Crippen LogP contribution is 2.17. The molecule has 8 heteroatoms. The van der Waals surface area contributed by atoms with Crippen LogP contribution >= 0.6 is 0 Å². The third kappa shape index (κ3) is 8.48. The van der Waals surface area contributed by atoms with Gasteiger partial charge in [0.25, 0.3) is 0 Å². The van der Waals surface area contributed by atoms with Gasteiger partial charge in [-0.1, -0.05) is 43.3 Å². The molecule has 1 amide bonds. The number of aliphatic hydroxyl groups is 1. The van der Waals surface area contributed by atoms with E-state index in [4.69, 9.17) is 5.73 Å². The van der Waals surface area contributed by atoms with Crippen molar-refractivity contribution in [2.75, 3.05) is 6.54 Å². The molecule has 0 radical (unpaired) electrons. The largest absolute Gasteiger partial charge is 0.508 e. The normalized spacial score (nSPS) is 12.7. The molecule has 0 spiro atoms. The van der Waals surface area contributed by atoms with Gasteiger partial charge in [0.15, 0.2) is 5.78 Å². The fourth-order valence-electron chi connectivity index (χ4n) is 4.12. The molecule has 3 aromatic rings. The van der Waals surface area contributed by atoms with E-state index in [2.05, 4.69) is 0 Å². The molecule has 2 atom stereocenters. The summed E-state index contributed by atoms with van der Waals surface area (Å²) in [5, 5.41) is 20.4. The van der Waals surface area contributed by atoms with Gasteiger partial charge in [0.05, 0.1) is 6.10 Å². The Kier molecular flexibility index (Phi) is 9.88.